The van der Waals surface area contributed by atoms with Crippen molar-refractivity contribution in [3.05, 3.63) is 28.5 Å². The van der Waals surface area contributed by atoms with Crippen LogP contribution in [0.3, 0.4) is 0 Å². The summed E-state index contributed by atoms with van der Waals surface area (Å²) in [6.07, 6.45) is 1.58. The second kappa shape index (κ2) is 7.08. The van der Waals surface area contributed by atoms with Gasteiger partial charge in [-0.05, 0) is 35.0 Å². The number of halogens is 1. The van der Waals surface area contributed by atoms with Gasteiger partial charge in [-0.25, -0.2) is 4.79 Å². The number of carbonyl (C=O) groups is 2. The Morgan fingerprint density at radius 1 is 1.53 bits per heavy atom. The van der Waals surface area contributed by atoms with Gasteiger partial charge in [-0.2, -0.15) is 0 Å². The van der Waals surface area contributed by atoms with Crippen LogP contribution in [0.4, 0.5) is 4.79 Å². The Hall–Kier alpha value is -1.63. The minimum atomic E-state index is -0.928. The summed E-state index contributed by atoms with van der Waals surface area (Å²) in [5.41, 5.74) is 0.739. The molecule has 7 heteroatoms. The van der Waals surface area contributed by atoms with Crippen molar-refractivity contribution in [2.75, 3.05) is 13.6 Å². The summed E-state index contributed by atoms with van der Waals surface area (Å²) in [4.78, 5) is 27.7. The van der Waals surface area contributed by atoms with Crippen LogP contribution >= 0.6 is 15.9 Å². The number of nitrogens with zero attached hydrogens (tertiary/aromatic N) is 2. The number of amides is 2. The first-order valence-electron chi connectivity index (χ1n) is 5.75. The van der Waals surface area contributed by atoms with Gasteiger partial charge in [0.2, 0.25) is 0 Å². The van der Waals surface area contributed by atoms with Gasteiger partial charge in [0, 0.05) is 24.3 Å². The number of urea groups is 1. The summed E-state index contributed by atoms with van der Waals surface area (Å²) in [5, 5.41) is 11.3. The number of hydrogen-bond acceptors (Lipinski definition) is 3. The molecular weight excluding hydrogens is 314 g/mol. The Morgan fingerprint density at radius 3 is 2.74 bits per heavy atom. The molecule has 0 aromatic carbocycles. The molecule has 1 atom stereocenters. The maximum absolute atomic E-state index is 11.8. The van der Waals surface area contributed by atoms with Crippen LogP contribution in [0.25, 0.3) is 0 Å². The van der Waals surface area contributed by atoms with E-state index >= 15 is 0 Å². The van der Waals surface area contributed by atoms with Crippen LogP contribution in [0.2, 0.25) is 0 Å². The highest BCUT2D eigenvalue weighted by molar-refractivity contribution is 9.10. The molecule has 0 spiro atoms. The van der Waals surface area contributed by atoms with Crippen molar-refractivity contribution in [1.29, 1.82) is 0 Å². The van der Waals surface area contributed by atoms with Gasteiger partial charge in [0.15, 0.2) is 0 Å². The number of nitrogens with one attached hydrogen (secondary N) is 1. The monoisotopic (exact) mass is 329 g/mol. The number of carboxylic acid groups (broad SMARTS) is 1. The quantitative estimate of drug-likeness (QED) is 0.865. The highest BCUT2D eigenvalue weighted by atomic mass is 79.9. The summed E-state index contributed by atoms with van der Waals surface area (Å²) < 4.78 is 0.869. The Labute approximate surface area is 120 Å². The van der Waals surface area contributed by atoms with Gasteiger partial charge in [0.1, 0.15) is 0 Å². The summed E-state index contributed by atoms with van der Waals surface area (Å²) in [6, 6.07) is 3.09. The van der Waals surface area contributed by atoms with E-state index in [9.17, 15) is 9.59 Å². The number of rotatable bonds is 5. The van der Waals surface area contributed by atoms with Gasteiger partial charge in [-0.3, -0.25) is 9.78 Å². The van der Waals surface area contributed by atoms with E-state index in [0.29, 0.717) is 0 Å². The summed E-state index contributed by atoms with van der Waals surface area (Å²) in [5.74, 6) is -0.928. The zero-order valence-electron chi connectivity index (χ0n) is 10.8. The molecule has 2 N–H and O–H groups in total. The molecule has 0 aliphatic heterocycles. The zero-order valence-corrected chi connectivity index (χ0v) is 12.3. The Balaban J connectivity index is 2.51. The zero-order chi connectivity index (χ0) is 14.4. The lowest BCUT2D eigenvalue weighted by Gasteiger charge is -2.20. The number of aliphatic carboxylic acids is 1. The van der Waals surface area contributed by atoms with Gasteiger partial charge in [-0.15, -0.1) is 0 Å². The average molecular weight is 330 g/mol. The van der Waals surface area contributed by atoms with Crippen molar-refractivity contribution in [2.45, 2.75) is 19.4 Å². The topological polar surface area (TPSA) is 82.5 Å². The molecule has 1 aromatic rings. The van der Waals surface area contributed by atoms with Gasteiger partial charge in [0.05, 0.1) is 18.2 Å². The Bertz CT molecular complexity index is 450. The van der Waals surface area contributed by atoms with Gasteiger partial charge in [0.25, 0.3) is 0 Å². The predicted molar refractivity (Wildman–Crippen MR) is 73.8 cm³/mol. The molecule has 0 saturated carbocycles. The molecule has 19 heavy (non-hydrogen) atoms. The smallest absolute Gasteiger partial charge is 0.317 e. The van der Waals surface area contributed by atoms with Crippen LogP contribution in [0.15, 0.2) is 22.8 Å². The fourth-order valence-corrected chi connectivity index (χ4v) is 1.61. The van der Waals surface area contributed by atoms with Crippen molar-refractivity contribution in [3.8, 4) is 0 Å². The average Bonchev–Trinajstić information content (AvgIpc) is 2.36. The minimum absolute atomic E-state index is 0.0746. The van der Waals surface area contributed by atoms with Crippen LogP contribution in [0.5, 0.6) is 0 Å². The molecule has 1 heterocycles. The fraction of sp³-hybridized carbons (Fsp3) is 0.417. The highest BCUT2D eigenvalue weighted by Gasteiger charge is 2.14. The largest absolute Gasteiger partial charge is 0.481 e. The number of carboxylic acids is 1. The molecular formula is C12H16BrN3O3. The second-order valence-corrected chi connectivity index (χ2v) is 5.05. The third kappa shape index (κ3) is 5.25. The van der Waals surface area contributed by atoms with Crippen LogP contribution in [0.1, 0.15) is 25.1 Å². The predicted octanol–water partition coefficient (Wildman–Crippen LogP) is 2.02. The molecule has 0 fully saturated rings. The molecule has 0 aliphatic carbocycles. The van der Waals surface area contributed by atoms with Crippen LogP contribution in [0, 0.1) is 0 Å². The summed E-state index contributed by atoms with van der Waals surface area (Å²) in [7, 11) is 1.56. The first kappa shape index (κ1) is 15.4. The van der Waals surface area contributed by atoms with Crippen molar-refractivity contribution < 1.29 is 14.7 Å². The number of carbonyl (C=O) groups excluding carboxylic acids is 1. The van der Waals surface area contributed by atoms with Crippen molar-refractivity contribution >= 4 is 27.9 Å². The second-order valence-electron chi connectivity index (χ2n) is 4.14. The molecule has 0 saturated heterocycles. The molecule has 0 bridgehead atoms. The van der Waals surface area contributed by atoms with Crippen molar-refractivity contribution in [2.24, 2.45) is 0 Å². The van der Waals surface area contributed by atoms with Crippen molar-refractivity contribution in [1.82, 2.24) is 15.2 Å². The van der Waals surface area contributed by atoms with Crippen LogP contribution < -0.4 is 5.32 Å². The molecule has 1 aromatic heterocycles. The van der Waals surface area contributed by atoms with E-state index in [0.717, 1.165) is 10.2 Å². The summed E-state index contributed by atoms with van der Waals surface area (Å²) >= 11 is 3.29. The minimum Gasteiger partial charge on any atom is -0.481 e. The molecule has 2 amide bonds. The lowest BCUT2D eigenvalue weighted by molar-refractivity contribution is -0.137. The Kier molecular flexibility index (Phi) is 5.75. The summed E-state index contributed by atoms with van der Waals surface area (Å²) in [6.45, 7) is 1.99. The highest BCUT2D eigenvalue weighted by Crippen LogP contribution is 2.13. The maximum Gasteiger partial charge on any atom is 0.317 e. The lowest BCUT2D eigenvalue weighted by Crippen LogP contribution is -2.39. The molecule has 1 rings (SSSR count). The molecule has 1 unspecified atom stereocenters. The first-order chi connectivity index (χ1) is 8.90. The van der Waals surface area contributed by atoms with Gasteiger partial charge in [-0.1, -0.05) is 0 Å². The van der Waals surface area contributed by atoms with Gasteiger partial charge >= 0.3 is 12.0 Å². The molecule has 0 aliphatic rings. The van der Waals surface area contributed by atoms with E-state index in [1.807, 2.05) is 19.1 Å². The number of hydrogen-bond donors (Lipinski definition) is 2. The fourth-order valence-electron chi connectivity index (χ4n) is 1.38. The van der Waals surface area contributed by atoms with Gasteiger partial charge < -0.3 is 15.3 Å². The number of aromatic nitrogens is 1. The van der Waals surface area contributed by atoms with Crippen LogP contribution in [-0.2, 0) is 4.79 Å². The maximum atomic E-state index is 11.8. The Morgan fingerprint density at radius 2 is 2.21 bits per heavy atom. The molecule has 0 radical (unpaired) electrons. The normalized spacial score (nSPS) is 11.7. The van der Waals surface area contributed by atoms with Crippen molar-refractivity contribution in [3.63, 3.8) is 0 Å². The van der Waals surface area contributed by atoms with Crippen LogP contribution in [-0.4, -0.2) is 40.6 Å². The van der Waals surface area contributed by atoms with E-state index in [1.165, 1.54) is 4.90 Å². The molecule has 104 valence electrons. The van der Waals surface area contributed by atoms with E-state index in [1.54, 1.807) is 13.2 Å². The van der Waals surface area contributed by atoms with E-state index in [-0.39, 0.29) is 25.0 Å². The van der Waals surface area contributed by atoms with E-state index in [4.69, 9.17) is 5.11 Å². The van der Waals surface area contributed by atoms with E-state index in [2.05, 4.69) is 26.2 Å². The first-order valence-corrected chi connectivity index (χ1v) is 6.54. The standard InChI is InChI=1S/C12H16BrN3O3/c1-8(10-4-3-9(13)7-14-10)15-12(19)16(2)6-5-11(17)18/h3-4,7-8H,5-6H2,1-2H3,(H,15,19)(H,17,18). The lowest BCUT2D eigenvalue weighted by atomic mass is 10.2. The third-order valence-electron chi connectivity index (χ3n) is 2.54. The molecule has 6 nitrogen and oxygen atoms in total. The number of pyridine rings is 1. The van der Waals surface area contributed by atoms with E-state index < -0.39 is 5.97 Å². The third-order valence-corrected chi connectivity index (χ3v) is 3.01. The SMILES string of the molecule is CC(NC(=O)N(C)CCC(=O)O)c1ccc(Br)cn1.